The molecule has 0 aliphatic heterocycles. The highest BCUT2D eigenvalue weighted by molar-refractivity contribution is 5.72. The Kier molecular flexibility index (Phi) is 3.65. The van der Waals surface area contributed by atoms with Gasteiger partial charge in [0.15, 0.2) is 0 Å². The highest BCUT2D eigenvalue weighted by Crippen LogP contribution is 2.11. The molecule has 0 heterocycles. The molecule has 0 saturated heterocycles. The van der Waals surface area contributed by atoms with Crippen LogP contribution in [0.5, 0.6) is 0 Å². The van der Waals surface area contributed by atoms with Crippen LogP contribution in [0.1, 0.15) is 16.7 Å². The van der Waals surface area contributed by atoms with Gasteiger partial charge in [0.25, 0.3) is 0 Å². The first-order valence-corrected chi connectivity index (χ1v) is 4.52. The molecule has 3 heteroatoms. The lowest BCUT2D eigenvalue weighted by Gasteiger charge is -2.06. The van der Waals surface area contributed by atoms with Crippen LogP contribution in [0, 0.1) is 6.92 Å². The average Bonchev–Trinajstić information content (AvgIpc) is 2.20. The van der Waals surface area contributed by atoms with Crippen molar-refractivity contribution in [2.24, 2.45) is 5.73 Å². The Bertz CT molecular complexity index is 334. The standard InChI is InChI=1S/C11H15NO2/c1-8-5-9(7-12)3-4-10(8)6-11(13)14-2/h3-5H,6-7,12H2,1-2H3. The van der Waals surface area contributed by atoms with Crippen molar-refractivity contribution in [3.05, 3.63) is 34.9 Å². The Morgan fingerprint density at radius 1 is 1.50 bits per heavy atom. The summed E-state index contributed by atoms with van der Waals surface area (Å²) in [5.74, 6) is -0.214. The van der Waals surface area contributed by atoms with E-state index in [0.717, 1.165) is 16.7 Å². The number of aryl methyl sites for hydroxylation is 1. The summed E-state index contributed by atoms with van der Waals surface area (Å²) in [4.78, 5) is 11.0. The van der Waals surface area contributed by atoms with E-state index in [1.54, 1.807) is 0 Å². The van der Waals surface area contributed by atoms with Crippen LogP contribution in [0.15, 0.2) is 18.2 Å². The summed E-state index contributed by atoms with van der Waals surface area (Å²) in [7, 11) is 1.39. The number of hydrogen-bond donors (Lipinski definition) is 1. The predicted molar refractivity (Wildman–Crippen MR) is 54.8 cm³/mol. The Morgan fingerprint density at radius 3 is 2.71 bits per heavy atom. The smallest absolute Gasteiger partial charge is 0.309 e. The third-order valence-electron chi connectivity index (χ3n) is 2.21. The Balaban J connectivity index is 2.83. The second kappa shape index (κ2) is 4.77. The molecule has 0 aliphatic rings. The summed E-state index contributed by atoms with van der Waals surface area (Å²) in [6.07, 6.45) is 0.327. The van der Waals surface area contributed by atoms with Crippen molar-refractivity contribution < 1.29 is 9.53 Å². The molecular formula is C11H15NO2. The molecule has 0 radical (unpaired) electrons. The zero-order valence-corrected chi connectivity index (χ0v) is 8.54. The van der Waals surface area contributed by atoms with E-state index in [1.165, 1.54) is 7.11 Å². The Hall–Kier alpha value is -1.35. The number of rotatable bonds is 3. The van der Waals surface area contributed by atoms with Crippen molar-refractivity contribution in [3.63, 3.8) is 0 Å². The van der Waals surface area contributed by atoms with Gasteiger partial charge >= 0.3 is 5.97 Å². The summed E-state index contributed by atoms with van der Waals surface area (Å²) in [5, 5.41) is 0. The summed E-state index contributed by atoms with van der Waals surface area (Å²) >= 11 is 0. The van der Waals surface area contributed by atoms with E-state index in [-0.39, 0.29) is 5.97 Å². The highest BCUT2D eigenvalue weighted by atomic mass is 16.5. The molecule has 0 amide bonds. The topological polar surface area (TPSA) is 52.3 Å². The van der Waals surface area contributed by atoms with E-state index in [9.17, 15) is 4.79 Å². The molecule has 0 aromatic heterocycles. The molecule has 0 aliphatic carbocycles. The fourth-order valence-electron chi connectivity index (χ4n) is 1.31. The normalized spacial score (nSPS) is 9.93. The minimum absolute atomic E-state index is 0.214. The molecule has 76 valence electrons. The van der Waals surface area contributed by atoms with E-state index in [2.05, 4.69) is 4.74 Å². The van der Waals surface area contributed by atoms with Gasteiger partial charge in [0.2, 0.25) is 0 Å². The second-order valence-corrected chi connectivity index (χ2v) is 3.22. The first-order chi connectivity index (χ1) is 6.67. The number of benzene rings is 1. The average molecular weight is 193 g/mol. The first kappa shape index (κ1) is 10.7. The van der Waals surface area contributed by atoms with Gasteiger partial charge in [-0.1, -0.05) is 18.2 Å². The number of carbonyl (C=O) groups excluding carboxylic acids is 1. The van der Waals surface area contributed by atoms with Crippen LogP contribution in [0.3, 0.4) is 0 Å². The zero-order valence-electron chi connectivity index (χ0n) is 8.54. The van der Waals surface area contributed by atoms with Gasteiger partial charge in [0, 0.05) is 6.54 Å². The van der Waals surface area contributed by atoms with Crippen LogP contribution in [0.2, 0.25) is 0 Å². The maximum Gasteiger partial charge on any atom is 0.309 e. The molecule has 14 heavy (non-hydrogen) atoms. The van der Waals surface area contributed by atoms with Crippen molar-refractivity contribution >= 4 is 5.97 Å². The lowest BCUT2D eigenvalue weighted by atomic mass is 10.0. The molecule has 0 bridgehead atoms. The van der Waals surface area contributed by atoms with Crippen LogP contribution in [-0.4, -0.2) is 13.1 Å². The van der Waals surface area contributed by atoms with Gasteiger partial charge in [0.1, 0.15) is 0 Å². The van der Waals surface area contributed by atoms with E-state index in [0.29, 0.717) is 13.0 Å². The van der Waals surface area contributed by atoms with Gasteiger partial charge in [-0.05, 0) is 23.6 Å². The summed E-state index contributed by atoms with van der Waals surface area (Å²) in [6, 6.07) is 5.86. The van der Waals surface area contributed by atoms with Crippen LogP contribution in [0.25, 0.3) is 0 Å². The van der Waals surface area contributed by atoms with E-state index < -0.39 is 0 Å². The highest BCUT2D eigenvalue weighted by Gasteiger charge is 2.05. The number of nitrogens with two attached hydrogens (primary N) is 1. The van der Waals surface area contributed by atoms with Gasteiger partial charge in [0.05, 0.1) is 13.5 Å². The molecule has 1 aromatic carbocycles. The third kappa shape index (κ3) is 2.57. The van der Waals surface area contributed by atoms with E-state index in [1.807, 2.05) is 25.1 Å². The van der Waals surface area contributed by atoms with Gasteiger partial charge in [-0.25, -0.2) is 0 Å². The zero-order chi connectivity index (χ0) is 10.6. The van der Waals surface area contributed by atoms with Gasteiger partial charge in [-0.15, -0.1) is 0 Å². The number of ether oxygens (including phenoxy) is 1. The molecule has 0 spiro atoms. The van der Waals surface area contributed by atoms with Crippen LogP contribution in [-0.2, 0) is 22.5 Å². The first-order valence-electron chi connectivity index (χ1n) is 4.52. The maximum absolute atomic E-state index is 11.0. The van der Waals surface area contributed by atoms with Crippen molar-refractivity contribution in [1.82, 2.24) is 0 Å². The number of carbonyl (C=O) groups is 1. The van der Waals surface area contributed by atoms with Crippen molar-refractivity contribution in [2.45, 2.75) is 19.9 Å². The number of hydrogen-bond acceptors (Lipinski definition) is 3. The molecule has 0 atom stereocenters. The molecule has 0 unspecified atom stereocenters. The lowest BCUT2D eigenvalue weighted by Crippen LogP contribution is -2.06. The Labute approximate surface area is 83.9 Å². The molecule has 0 fully saturated rings. The predicted octanol–water partition coefficient (Wildman–Crippen LogP) is 1.17. The molecule has 2 N–H and O–H groups in total. The fourth-order valence-corrected chi connectivity index (χ4v) is 1.31. The number of methoxy groups -OCH3 is 1. The summed E-state index contributed by atoms with van der Waals surface area (Å²) in [6.45, 7) is 2.50. The maximum atomic E-state index is 11.0. The van der Waals surface area contributed by atoms with Gasteiger partial charge in [-0.2, -0.15) is 0 Å². The Morgan fingerprint density at radius 2 is 2.21 bits per heavy atom. The van der Waals surface area contributed by atoms with Crippen LogP contribution < -0.4 is 5.73 Å². The van der Waals surface area contributed by atoms with Crippen LogP contribution >= 0.6 is 0 Å². The van der Waals surface area contributed by atoms with E-state index in [4.69, 9.17) is 5.73 Å². The minimum Gasteiger partial charge on any atom is -0.469 e. The third-order valence-corrected chi connectivity index (χ3v) is 2.21. The van der Waals surface area contributed by atoms with Gasteiger partial charge in [-0.3, -0.25) is 4.79 Å². The molecular weight excluding hydrogens is 178 g/mol. The van der Waals surface area contributed by atoms with Crippen molar-refractivity contribution in [1.29, 1.82) is 0 Å². The van der Waals surface area contributed by atoms with Crippen molar-refractivity contribution in [3.8, 4) is 0 Å². The van der Waals surface area contributed by atoms with Crippen molar-refractivity contribution in [2.75, 3.05) is 7.11 Å². The lowest BCUT2D eigenvalue weighted by molar-refractivity contribution is -0.139. The largest absolute Gasteiger partial charge is 0.469 e. The minimum atomic E-state index is -0.214. The van der Waals surface area contributed by atoms with Crippen LogP contribution in [0.4, 0.5) is 0 Å². The van der Waals surface area contributed by atoms with E-state index >= 15 is 0 Å². The monoisotopic (exact) mass is 193 g/mol. The molecule has 0 saturated carbocycles. The molecule has 1 rings (SSSR count). The summed E-state index contributed by atoms with van der Waals surface area (Å²) in [5.41, 5.74) is 8.66. The molecule has 1 aromatic rings. The summed E-state index contributed by atoms with van der Waals surface area (Å²) < 4.78 is 4.60. The van der Waals surface area contributed by atoms with Gasteiger partial charge < -0.3 is 10.5 Å². The second-order valence-electron chi connectivity index (χ2n) is 3.22. The fraction of sp³-hybridized carbons (Fsp3) is 0.364. The number of esters is 1. The quantitative estimate of drug-likeness (QED) is 0.733. The molecule has 3 nitrogen and oxygen atoms in total. The SMILES string of the molecule is COC(=O)Cc1ccc(CN)cc1C.